The molecule has 0 spiro atoms. The Morgan fingerprint density at radius 3 is 2.46 bits per heavy atom. The molecule has 3 nitrogen and oxygen atoms in total. The van der Waals surface area contributed by atoms with Crippen LogP contribution in [0, 0.1) is 12.7 Å². The molecule has 0 aliphatic heterocycles. The van der Waals surface area contributed by atoms with Crippen LogP contribution in [0.3, 0.4) is 0 Å². The molecule has 28 heavy (non-hydrogen) atoms. The van der Waals surface area contributed by atoms with Crippen LogP contribution in [0.25, 0.3) is 21.2 Å². The molecule has 3 aromatic carbocycles. The van der Waals surface area contributed by atoms with Crippen LogP contribution >= 0.6 is 11.3 Å². The fraction of sp³-hybridized carbons (Fsp3) is 0.0435. The largest absolute Gasteiger partial charge is 0.313 e. The van der Waals surface area contributed by atoms with E-state index in [4.69, 9.17) is 0 Å². The van der Waals surface area contributed by atoms with Gasteiger partial charge in [0.25, 0.3) is 5.91 Å². The average Bonchev–Trinajstić information content (AvgIpc) is 2.68. The Morgan fingerprint density at radius 2 is 1.71 bits per heavy atom. The van der Waals surface area contributed by atoms with Crippen molar-refractivity contribution in [1.29, 1.82) is 0 Å². The molecule has 1 heterocycles. The molecule has 5 heteroatoms. The molecule has 0 aliphatic carbocycles. The van der Waals surface area contributed by atoms with Crippen molar-refractivity contribution in [2.45, 2.75) is 6.92 Å². The Morgan fingerprint density at radius 1 is 0.964 bits per heavy atom. The summed E-state index contributed by atoms with van der Waals surface area (Å²) in [6.07, 6.45) is 0. The number of carbonyl (C=O) groups is 1. The second-order valence-corrected chi connectivity index (χ2v) is 7.51. The number of halogens is 1. The summed E-state index contributed by atoms with van der Waals surface area (Å²) in [5, 5.41) is 3.94. The van der Waals surface area contributed by atoms with Crippen molar-refractivity contribution in [1.82, 2.24) is 0 Å². The Bertz CT molecular complexity index is 1250. The maximum atomic E-state index is 13.2. The van der Waals surface area contributed by atoms with E-state index in [1.54, 1.807) is 6.07 Å². The van der Waals surface area contributed by atoms with Crippen molar-refractivity contribution in [2.24, 2.45) is 0 Å². The number of hydrogen-bond acceptors (Lipinski definition) is 3. The number of amides is 1. The third kappa shape index (κ3) is 3.44. The van der Waals surface area contributed by atoms with Crippen molar-refractivity contribution in [2.75, 3.05) is 5.32 Å². The number of benzene rings is 3. The molecule has 0 radical (unpaired) electrons. The molecule has 0 unspecified atom stereocenters. The lowest BCUT2D eigenvalue weighted by molar-refractivity contribution is 0.102. The van der Waals surface area contributed by atoms with Gasteiger partial charge in [0.1, 0.15) is 10.8 Å². The number of carbonyl (C=O) groups excluding carboxylic acids is 1. The lowest BCUT2D eigenvalue weighted by Crippen LogP contribution is -2.15. The van der Waals surface area contributed by atoms with Crippen LogP contribution in [0.4, 0.5) is 9.39 Å². The summed E-state index contributed by atoms with van der Waals surface area (Å²) in [5.41, 5.74) is 2.42. The first-order chi connectivity index (χ1) is 13.5. The zero-order valence-electron chi connectivity index (χ0n) is 15.0. The van der Waals surface area contributed by atoms with Gasteiger partial charge < -0.3 is 5.32 Å². The first-order valence-corrected chi connectivity index (χ1v) is 9.54. The highest BCUT2D eigenvalue weighted by atomic mass is 32.1. The van der Waals surface area contributed by atoms with Gasteiger partial charge >= 0.3 is 0 Å². The monoisotopic (exact) mass is 389 g/mol. The predicted molar refractivity (Wildman–Crippen MR) is 113 cm³/mol. The third-order valence-electron chi connectivity index (χ3n) is 4.44. The van der Waals surface area contributed by atoms with E-state index in [9.17, 15) is 14.0 Å². The van der Waals surface area contributed by atoms with Crippen LogP contribution in [0.15, 0.2) is 77.6 Å². The number of nitrogens with one attached hydrogen (secondary N) is 1. The molecule has 0 fully saturated rings. The summed E-state index contributed by atoms with van der Waals surface area (Å²) in [6.45, 7) is 1.95. The highest BCUT2D eigenvalue weighted by Gasteiger charge is 2.17. The minimum Gasteiger partial charge on any atom is -0.313 e. The molecule has 4 aromatic rings. The smallest absolute Gasteiger partial charge is 0.256 e. The van der Waals surface area contributed by atoms with Gasteiger partial charge in [0, 0.05) is 15.6 Å². The topological polar surface area (TPSA) is 46.2 Å². The van der Waals surface area contributed by atoms with E-state index in [0.717, 1.165) is 15.8 Å². The molecule has 1 amide bonds. The molecule has 1 aromatic heterocycles. The molecular weight excluding hydrogens is 373 g/mol. The van der Waals surface area contributed by atoms with Gasteiger partial charge in [-0.25, -0.2) is 4.39 Å². The van der Waals surface area contributed by atoms with Gasteiger partial charge in [-0.15, -0.1) is 11.3 Å². The maximum Gasteiger partial charge on any atom is 0.256 e. The van der Waals surface area contributed by atoms with E-state index in [0.29, 0.717) is 21.5 Å². The summed E-state index contributed by atoms with van der Waals surface area (Å²) in [6, 6.07) is 20.3. The highest BCUT2D eigenvalue weighted by Crippen LogP contribution is 2.34. The first-order valence-electron chi connectivity index (χ1n) is 8.73. The van der Waals surface area contributed by atoms with E-state index in [2.05, 4.69) is 5.32 Å². The van der Waals surface area contributed by atoms with Gasteiger partial charge in [0.2, 0.25) is 0 Å². The van der Waals surface area contributed by atoms with Gasteiger partial charge in [-0.05, 0) is 48.9 Å². The Hall–Kier alpha value is -3.31. The summed E-state index contributed by atoms with van der Waals surface area (Å²) in [5.74, 6) is -0.799. The average molecular weight is 389 g/mol. The maximum absolute atomic E-state index is 13.2. The zero-order valence-corrected chi connectivity index (χ0v) is 15.8. The molecule has 0 saturated heterocycles. The Kier molecular flexibility index (Phi) is 4.75. The lowest BCUT2D eigenvalue weighted by Gasteiger charge is -2.12. The first kappa shape index (κ1) is 18.1. The van der Waals surface area contributed by atoms with Crippen molar-refractivity contribution in [3.63, 3.8) is 0 Å². The Labute approximate surface area is 165 Å². The van der Waals surface area contributed by atoms with Crippen LogP contribution in [-0.2, 0) is 0 Å². The fourth-order valence-corrected chi connectivity index (χ4v) is 4.16. The van der Waals surface area contributed by atoms with E-state index in [-0.39, 0.29) is 11.3 Å². The lowest BCUT2D eigenvalue weighted by atomic mass is 10.0. The van der Waals surface area contributed by atoms with Gasteiger partial charge in [-0.2, -0.15) is 0 Å². The molecule has 0 saturated carbocycles. The second-order valence-electron chi connectivity index (χ2n) is 6.46. The zero-order chi connectivity index (χ0) is 19.7. The number of aryl methyl sites for hydroxylation is 1. The predicted octanol–water partition coefficient (Wildman–Crippen LogP) is 5.63. The summed E-state index contributed by atoms with van der Waals surface area (Å²) in [7, 11) is 0. The van der Waals surface area contributed by atoms with Gasteiger partial charge in [-0.3, -0.25) is 9.59 Å². The van der Waals surface area contributed by atoms with Crippen LogP contribution in [0.2, 0.25) is 0 Å². The number of rotatable bonds is 3. The van der Waals surface area contributed by atoms with Crippen molar-refractivity contribution in [3.05, 3.63) is 100.0 Å². The van der Waals surface area contributed by atoms with E-state index < -0.39 is 5.82 Å². The van der Waals surface area contributed by atoms with Crippen LogP contribution < -0.4 is 10.7 Å². The molecule has 4 rings (SSSR count). The quantitative estimate of drug-likeness (QED) is 0.494. The number of fused-ring (bicyclic) bond motifs is 1. The Balaban J connectivity index is 1.88. The molecular formula is C23H16FNO2S. The molecule has 138 valence electrons. The molecule has 1 N–H and O–H groups in total. The minimum atomic E-state index is -0.410. The van der Waals surface area contributed by atoms with E-state index in [1.165, 1.54) is 35.6 Å². The highest BCUT2D eigenvalue weighted by molar-refractivity contribution is 7.22. The van der Waals surface area contributed by atoms with E-state index >= 15 is 0 Å². The molecule has 0 atom stereocenters. The van der Waals surface area contributed by atoms with Crippen molar-refractivity contribution >= 4 is 32.3 Å². The van der Waals surface area contributed by atoms with Crippen LogP contribution in [0.1, 0.15) is 15.9 Å². The van der Waals surface area contributed by atoms with E-state index in [1.807, 2.05) is 49.4 Å². The third-order valence-corrected chi connectivity index (χ3v) is 5.52. The summed E-state index contributed by atoms with van der Waals surface area (Å²) < 4.78 is 13.9. The van der Waals surface area contributed by atoms with Crippen LogP contribution in [0.5, 0.6) is 0 Å². The van der Waals surface area contributed by atoms with Gasteiger partial charge in [-0.1, -0.05) is 42.0 Å². The van der Waals surface area contributed by atoms with Crippen molar-refractivity contribution < 1.29 is 9.18 Å². The normalized spacial score (nSPS) is 10.8. The summed E-state index contributed by atoms with van der Waals surface area (Å²) in [4.78, 5) is 25.9. The minimum absolute atomic E-state index is 0.130. The summed E-state index contributed by atoms with van der Waals surface area (Å²) >= 11 is 1.35. The SMILES string of the molecule is Cc1cccc(-c2c(NC(=O)c3ccc(F)cc3)sc3ccccc3c2=O)c1. The number of hydrogen-bond donors (Lipinski definition) is 1. The van der Waals surface area contributed by atoms with Crippen molar-refractivity contribution in [3.8, 4) is 11.1 Å². The van der Waals surface area contributed by atoms with Crippen LogP contribution in [-0.4, -0.2) is 5.91 Å². The number of anilines is 1. The standard InChI is InChI=1S/C23H16FNO2S/c1-14-5-4-6-16(13-14)20-21(26)18-7-2-3-8-19(18)28-23(20)25-22(27)15-9-11-17(24)12-10-15/h2-13H,1H3,(H,25,27). The van der Waals surface area contributed by atoms with Gasteiger partial charge in [0.15, 0.2) is 5.43 Å². The molecule has 0 bridgehead atoms. The second kappa shape index (κ2) is 7.37. The fourth-order valence-electron chi connectivity index (χ4n) is 3.07. The van der Waals surface area contributed by atoms with Gasteiger partial charge in [0.05, 0.1) is 5.56 Å². The molecule has 0 aliphatic rings.